The number of epoxide rings is 1. The normalized spacial score (nSPS) is 27.8. The molecule has 2 atom stereocenters. The van der Waals surface area contributed by atoms with Gasteiger partial charge in [-0.05, 0) is 25.2 Å². The molecule has 2 fully saturated rings. The van der Waals surface area contributed by atoms with Crippen LogP contribution in [0, 0.1) is 5.92 Å². The minimum atomic E-state index is -0.861. The lowest BCUT2D eigenvalue weighted by Crippen LogP contribution is -2.20. The fraction of sp³-hybridized carbons (Fsp3) is 0.846. The fourth-order valence-electron chi connectivity index (χ4n) is 2.47. The van der Waals surface area contributed by atoms with Gasteiger partial charge >= 0.3 is 11.9 Å². The van der Waals surface area contributed by atoms with Crippen molar-refractivity contribution in [2.75, 3.05) is 6.61 Å². The minimum Gasteiger partial charge on any atom is -0.481 e. The number of carboxylic acids is 1. The average Bonchev–Trinajstić information content (AvgIpc) is 3.14. The van der Waals surface area contributed by atoms with Gasteiger partial charge in [-0.2, -0.15) is 0 Å². The molecule has 0 spiro atoms. The third kappa shape index (κ3) is 3.98. The maximum absolute atomic E-state index is 11.6. The summed E-state index contributed by atoms with van der Waals surface area (Å²) in [4.78, 5) is 22.0. The van der Waals surface area contributed by atoms with Crippen molar-refractivity contribution in [3.05, 3.63) is 0 Å². The molecule has 2 rings (SSSR count). The minimum absolute atomic E-state index is 0.0388. The van der Waals surface area contributed by atoms with Crippen molar-refractivity contribution in [3.8, 4) is 0 Å². The van der Waals surface area contributed by atoms with Crippen molar-refractivity contribution in [1.82, 2.24) is 0 Å². The van der Waals surface area contributed by atoms with Gasteiger partial charge in [0.05, 0.1) is 12.7 Å². The van der Waals surface area contributed by atoms with Gasteiger partial charge < -0.3 is 14.6 Å². The van der Waals surface area contributed by atoms with Crippen LogP contribution in [0.2, 0.25) is 0 Å². The molecule has 0 aromatic carbocycles. The molecular formula is C13H20O5. The van der Waals surface area contributed by atoms with E-state index in [0.717, 1.165) is 12.8 Å². The Balaban J connectivity index is 1.59. The highest BCUT2D eigenvalue weighted by Gasteiger charge is 2.46. The molecule has 1 saturated carbocycles. The smallest absolute Gasteiger partial charge is 0.338 e. The van der Waals surface area contributed by atoms with Crippen LogP contribution in [-0.2, 0) is 19.1 Å². The lowest BCUT2D eigenvalue weighted by Gasteiger charge is -2.20. The van der Waals surface area contributed by atoms with E-state index in [1.165, 1.54) is 19.3 Å². The van der Waals surface area contributed by atoms with Crippen molar-refractivity contribution in [3.63, 3.8) is 0 Å². The van der Waals surface area contributed by atoms with E-state index in [0.29, 0.717) is 18.9 Å². The lowest BCUT2D eigenvalue weighted by atomic mass is 9.90. The Hall–Kier alpha value is -1.10. The first-order valence-corrected chi connectivity index (χ1v) is 6.70. The van der Waals surface area contributed by atoms with Crippen LogP contribution in [-0.4, -0.2) is 35.9 Å². The topological polar surface area (TPSA) is 76.1 Å². The predicted molar refractivity (Wildman–Crippen MR) is 63.1 cm³/mol. The molecule has 0 radical (unpaired) electrons. The Kier molecular flexibility index (Phi) is 4.58. The van der Waals surface area contributed by atoms with E-state index in [-0.39, 0.29) is 18.5 Å². The maximum atomic E-state index is 11.6. The molecule has 0 bridgehead atoms. The number of hydrogen-bond donors (Lipinski definition) is 1. The lowest BCUT2D eigenvalue weighted by molar-refractivity contribution is -0.147. The quantitative estimate of drug-likeness (QED) is 0.578. The van der Waals surface area contributed by atoms with Crippen LogP contribution in [0.5, 0.6) is 0 Å². The van der Waals surface area contributed by atoms with E-state index < -0.39 is 12.1 Å². The summed E-state index contributed by atoms with van der Waals surface area (Å²) < 4.78 is 10.4. The van der Waals surface area contributed by atoms with Gasteiger partial charge in [-0.1, -0.05) is 19.3 Å². The zero-order chi connectivity index (χ0) is 13.0. The number of hydrogen-bond acceptors (Lipinski definition) is 4. The molecule has 1 aliphatic heterocycles. The van der Waals surface area contributed by atoms with E-state index in [1.807, 2.05) is 0 Å². The molecule has 1 heterocycles. The zero-order valence-electron chi connectivity index (χ0n) is 10.5. The summed E-state index contributed by atoms with van der Waals surface area (Å²) in [7, 11) is 0. The highest BCUT2D eigenvalue weighted by molar-refractivity contribution is 5.78. The molecule has 2 aliphatic rings. The Morgan fingerprint density at radius 2 is 1.94 bits per heavy atom. The van der Waals surface area contributed by atoms with Crippen LogP contribution in [0.25, 0.3) is 0 Å². The summed E-state index contributed by atoms with van der Waals surface area (Å²) >= 11 is 0. The highest BCUT2D eigenvalue weighted by atomic mass is 16.6. The van der Waals surface area contributed by atoms with Crippen LogP contribution in [0.3, 0.4) is 0 Å². The van der Waals surface area contributed by atoms with Crippen molar-refractivity contribution >= 4 is 11.9 Å². The summed E-state index contributed by atoms with van der Waals surface area (Å²) in [6.45, 7) is 0.490. The van der Waals surface area contributed by atoms with Gasteiger partial charge in [0.25, 0.3) is 0 Å². The highest BCUT2D eigenvalue weighted by Crippen LogP contribution is 2.29. The van der Waals surface area contributed by atoms with Gasteiger partial charge in [-0.3, -0.25) is 4.79 Å². The monoisotopic (exact) mass is 256 g/mol. The predicted octanol–water partition coefficient (Wildman–Crippen LogP) is 1.74. The number of esters is 1. The second-order valence-electron chi connectivity index (χ2n) is 5.16. The summed E-state index contributed by atoms with van der Waals surface area (Å²) in [6.07, 6.45) is 5.67. The molecule has 5 heteroatoms. The van der Waals surface area contributed by atoms with E-state index in [2.05, 4.69) is 0 Å². The van der Waals surface area contributed by atoms with Crippen LogP contribution in [0.1, 0.15) is 44.9 Å². The fourth-order valence-corrected chi connectivity index (χ4v) is 2.47. The first-order valence-electron chi connectivity index (χ1n) is 6.70. The van der Waals surface area contributed by atoms with Crippen LogP contribution in [0.4, 0.5) is 0 Å². The Morgan fingerprint density at radius 1 is 1.22 bits per heavy atom. The van der Waals surface area contributed by atoms with Crippen molar-refractivity contribution in [2.24, 2.45) is 5.92 Å². The average molecular weight is 256 g/mol. The summed E-state index contributed by atoms with van der Waals surface area (Å²) in [5.41, 5.74) is 0. The number of carboxylic acid groups (broad SMARTS) is 1. The maximum Gasteiger partial charge on any atom is 0.338 e. The van der Waals surface area contributed by atoms with Crippen molar-refractivity contribution in [2.45, 2.75) is 57.2 Å². The van der Waals surface area contributed by atoms with E-state index in [4.69, 9.17) is 14.6 Å². The van der Waals surface area contributed by atoms with Crippen molar-refractivity contribution in [1.29, 1.82) is 0 Å². The van der Waals surface area contributed by atoms with Gasteiger partial charge in [-0.25, -0.2) is 4.79 Å². The second kappa shape index (κ2) is 6.18. The molecule has 102 valence electrons. The van der Waals surface area contributed by atoms with Gasteiger partial charge in [-0.15, -0.1) is 0 Å². The Bertz CT molecular complexity index is 309. The van der Waals surface area contributed by atoms with E-state index >= 15 is 0 Å². The SMILES string of the molecule is O=C(O)CCC1OC1C(=O)OCC1CCCCC1. The number of carbonyl (C=O) groups excluding carboxylic acids is 1. The van der Waals surface area contributed by atoms with E-state index in [9.17, 15) is 9.59 Å². The molecule has 0 amide bonds. The Morgan fingerprint density at radius 3 is 2.61 bits per heavy atom. The van der Waals surface area contributed by atoms with Crippen LogP contribution >= 0.6 is 0 Å². The zero-order valence-corrected chi connectivity index (χ0v) is 10.5. The summed E-state index contributed by atoms with van der Waals surface area (Å²) in [6, 6.07) is 0. The standard InChI is InChI=1S/C13H20O5/c14-11(15)7-6-10-12(18-10)13(16)17-8-9-4-2-1-3-5-9/h9-10,12H,1-8H2,(H,14,15). The third-order valence-corrected chi connectivity index (χ3v) is 3.64. The summed E-state index contributed by atoms with van der Waals surface area (Å²) in [5.74, 6) is -0.685. The third-order valence-electron chi connectivity index (χ3n) is 3.64. The molecule has 18 heavy (non-hydrogen) atoms. The molecule has 5 nitrogen and oxygen atoms in total. The van der Waals surface area contributed by atoms with Crippen LogP contribution < -0.4 is 0 Å². The van der Waals surface area contributed by atoms with Gasteiger partial charge in [0.2, 0.25) is 0 Å². The van der Waals surface area contributed by atoms with Crippen molar-refractivity contribution < 1.29 is 24.2 Å². The number of rotatable bonds is 6. The first kappa shape index (κ1) is 13.3. The van der Waals surface area contributed by atoms with Crippen LogP contribution in [0.15, 0.2) is 0 Å². The van der Waals surface area contributed by atoms with Gasteiger partial charge in [0, 0.05) is 6.42 Å². The second-order valence-corrected chi connectivity index (χ2v) is 5.16. The van der Waals surface area contributed by atoms with Gasteiger partial charge in [0.1, 0.15) is 0 Å². The number of aliphatic carboxylic acids is 1. The summed E-state index contributed by atoms with van der Waals surface area (Å²) in [5, 5.41) is 8.52. The number of carbonyl (C=O) groups is 2. The molecule has 1 saturated heterocycles. The largest absolute Gasteiger partial charge is 0.481 e. The number of ether oxygens (including phenoxy) is 2. The molecule has 1 N–H and O–H groups in total. The molecule has 0 aromatic heterocycles. The molecule has 0 aromatic rings. The molecule has 1 aliphatic carbocycles. The molecular weight excluding hydrogens is 236 g/mol. The van der Waals surface area contributed by atoms with Gasteiger partial charge in [0.15, 0.2) is 6.10 Å². The van der Waals surface area contributed by atoms with E-state index in [1.54, 1.807) is 0 Å². The Labute approximate surface area is 106 Å². The first-order chi connectivity index (χ1) is 8.66. The molecule has 2 unspecified atom stereocenters.